The number of hydrogen-bond acceptors (Lipinski definition) is 2. The van der Waals surface area contributed by atoms with Crippen molar-refractivity contribution in [1.29, 1.82) is 0 Å². The molecular weight excluding hydrogens is 302 g/mol. The van der Waals surface area contributed by atoms with Crippen molar-refractivity contribution >= 4 is 5.69 Å². The second kappa shape index (κ2) is 8.10. The van der Waals surface area contributed by atoms with Gasteiger partial charge in [0.25, 0.3) is 0 Å². The molecule has 21 heavy (non-hydrogen) atoms. The van der Waals surface area contributed by atoms with Gasteiger partial charge in [0.1, 0.15) is 5.75 Å². The van der Waals surface area contributed by atoms with Gasteiger partial charge < -0.3 is 10.0 Å². The molecule has 2 aliphatic carbocycles. The molecule has 2 aliphatic rings. The molecule has 0 spiro atoms. The minimum Gasteiger partial charge on any atom is -0.508 e. The number of phenolic OH excluding ortho intramolecular Hbond substituents is 1. The Morgan fingerprint density at radius 2 is 1.14 bits per heavy atom. The van der Waals surface area contributed by atoms with Crippen LogP contribution in [0.5, 0.6) is 5.75 Å². The van der Waals surface area contributed by atoms with E-state index in [1.54, 1.807) is 12.1 Å². The number of nitrogens with zero attached hydrogens (tertiary/aromatic N) is 1. The second-order valence-corrected chi connectivity index (χ2v) is 4.96. The number of rotatable bonds is 5. The molecule has 1 aromatic rings. The molecule has 3 rings (SSSR count). The van der Waals surface area contributed by atoms with Crippen molar-refractivity contribution in [3.05, 3.63) is 87.5 Å². The Labute approximate surface area is 139 Å². The first kappa shape index (κ1) is 16.7. The van der Waals surface area contributed by atoms with E-state index in [0.717, 1.165) is 18.8 Å². The van der Waals surface area contributed by atoms with E-state index in [4.69, 9.17) is 0 Å². The molecule has 2 fully saturated rings. The van der Waals surface area contributed by atoms with E-state index >= 15 is 0 Å². The number of anilines is 1. The summed E-state index contributed by atoms with van der Waals surface area (Å²) >= 11 is 0. The van der Waals surface area contributed by atoms with Crippen molar-refractivity contribution < 1.29 is 22.2 Å². The smallest absolute Gasteiger partial charge is 0.508 e. The maximum Gasteiger partial charge on any atom is 2.00 e. The molecule has 2 saturated carbocycles. The van der Waals surface area contributed by atoms with Crippen LogP contribution in [0.25, 0.3) is 0 Å². The van der Waals surface area contributed by atoms with Gasteiger partial charge in [-0.1, -0.05) is 0 Å². The number of hydrogen-bond donors (Lipinski definition) is 1. The zero-order valence-corrected chi connectivity index (χ0v) is 12.7. The molecule has 0 heterocycles. The minimum absolute atomic E-state index is 0. The first-order valence-electron chi connectivity index (χ1n) is 6.76. The maximum absolute atomic E-state index is 9.43. The summed E-state index contributed by atoms with van der Waals surface area (Å²) in [7, 11) is 0. The average molecular weight is 319 g/mol. The molecule has 2 nitrogen and oxygen atoms in total. The van der Waals surface area contributed by atoms with Crippen LogP contribution in [-0.2, 0) is 17.1 Å². The molecule has 0 amide bonds. The van der Waals surface area contributed by atoms with Crippen molar-refractivity contribution in [2.75, 3.05) is 18.0 Å². The Morgan fingerprint density at radius 3 is 1.57 bits per heavy atom. The summed E-state index contributed by atoms with van der Waals surface area (Å²) in [6.45, 7) is 1.73. The first-order chi connectivity index (χ1) is 9.81. The van der Waals surface area contributed by atoms with Crippen molar-refractivity contribution in [2.45, 2.75) is 0 Å². The van der Waals surface area contributed by atoms with Crippen LogP contribution in [0.3, 0.4) is 0 Å². The topological polar surface area (TPSA) is 23.5 Å². The largest absolute Gasteiger partial charge is 2.00 e. The summed E-state index contributed by atoms with van der Waals surface area (Å²) < 4.78 is 0. The molecule has 0 saturated heterocycles. The molecule has 0 aliphatic heterocycles. The number of benzene rings is 1. The van der Waals surface area contributed by atoms with Crippen molar-refractivity contribution in [3.63, 3.8) is 0 Å². The number of aromatic hydroxyl groups is 1. The molecule has 0 atom stereocenters. The first-order valence-corrected chi connectivity index (χ1v) is 6.76. The van der Waals surface area contributed by atoms with Crippen LogP contribution in [0.1, 0.15) is 0 Å². The van der Waals surface area contributed by atoms with Crippen molar-refractivity contribution in [1.82, 2.24) is 0 Å². The van der Waals surface area contributed by atoms with Crippen LogP contribution in [0.4, 0.5) is 5.69 Å². The quantitative estimate of drug-likeness (QED) is 0.844. The number of phenols is 1. The molecule has 0 aromatic heterocycles. The van der Waals surface area contributed by atoms with Gasteiger partial charge in [-0.25, -0.2) is 0 Å². The van der Waals surface area contributed by atoms with E-state index in [1.807, 2.05) is 12.1 Å². The Kier molecular flexibility index (Phi) is 6.44. The van der Waals surface area contributed by atoms with E-state index in [9.17, 15) is 5.11 Å². The fraction of sp³-hybridized carbons (Fsp3) is 0.111. The second-order valence-electron chi connectivity index (χ2n) is 4.96. The van der Waals surface area contributed by atoms with Crippen molar-refractivity contribution in [2.24, 2.45) is 0 Å². The van der Waals surface area contributed by atoms with Crippen LogP contribution in [0.2, 0.25) is 0 Å². The SMILES string of the molecule is Oc1ccc(N(C[C]2[CH][CH][CH][CH]2)C[C]2[CH][CH][CH][CH]2)cc1.[Fe+2]. The molecule has 106 valence electrons. The van der Waals surface area contributed by atoms with E-state index in [-0.39, 0.29) is 17.1 Å². The van der Waals surface area contributed by atoms with Gasteiger partial charge in [0, 0.05) is 30.6 Å². The van der Waals surface area contributed by atoms with Gasteiger partial charge in [-0.05, 0) is 75.6 Å². The van der Waals surface area contributed by atoms with Gasteiger partial charge in [0.05, 0.1) is 0 Å². The van der Waals surface area contributed by atoms with Crippen LogP contribution < -0.4 is 4.90 Å². The Bertz CT molecular complexity index is 390. The monoisotopic (exact) mass is 319 g/mol. The molecule has 10 radical (unpaired) electrons. The Morgan fingerprint density at radius 1 is 0.714 bits per heavy atom. The third-order valence-electron chi connectivity index (χ3n) is 3.43. The molecule has 1 aromatic carbocycles. The van der Waals surface area contributed by atoms with Gasteiger partial charge in [-0.15, -0.1) is 0 Å². The molecular formula is C18H17FeNO+2. The van der Waals surface area contributed by atoms with E-state index in [2.05, 4.69) is 56.3 Å². The third-order valence-corrected chi connectivity index (χ3v) is 3.43. The fourth-order valence-corrected chi connectivity index (χ4v) is 2.38. The molecule has 0 unspecified atom stereocenters. The summed E-state index contributed by atoms with van der Waals surface area (Å²) in [4.78, 5) is 2.31. The van der Waals surface area contributed by atoms with E-state index in [0.29, 0.717) is 5.75 Å². The Hall–Kier alpha value is -0.661. The van der Waals surface area contributed by atoms with Gasteiger partial charge in [0.2, 0.25) is 0 Å². The standard InChI is InChI=1S/C18H17NO.Fe/c20-18-11-9-17(10-12-18)19(13-15-5-1-2-6-15)14-16-7-3-4-8-16;/h1-12,20H,13-14H2;/q;+2. The van der Waals surface area contributed by atoms with E-state index in [1.165, 1.54) is 11.8 Å². The predicted octanol–water partition coefficient (Wildman–Crippen LogP) is 3.01. The predicted molar refractivity (Wildman–Crippen MR) is 81.2 cm³/mol. The van der Waals surface area contributed by atoms with Gasteiger partial charge in [-0.2, -0.15) is 0 Å². The molecule has 1 N–H and O–H groups in total. The normalized spacial score (nSPS) is 19.6. The van der Waals surface area contributed by atoms with Crippen LogP contribution in [-0.4, -0.2) is 18.2 Å². The summed E-state index contributed by atoms with van der Waals surface area (Å²) in [6.07, 6.45) is 16.8. The van der Waals surface area contributed by atoms with Gasteiger partial charge in [-0.3, -0.25) is 0 Å². The zero-order valence-electron chi connectivity index (χ0n) is 11.6. The van der Waals surface area contributed by atoms with Gasteiger partial charge >= 0.3 is 17.1 Å². The minimum atomic E-state index is 0. The Balaban J connectivity index is 0.00000161. The third kappa shape index (κ3) is 4.66. The van der Waals surface area contributed by atoms with Gasteiger partial charge in [0.15, 0.2) is 0 Å². The zero-order chi connectivity index (χ0) is 13.8. The van der Waals surface area contributed by atoms with Crippen LogP contribution in [0.15, 0.2) is 24.3 Å². The van der Waals surface area contributed by atoms with E-state index < -0.39 is 0 Å². The summed E-state index contributed by atoms with van der Waals surface area (Å²) in [6, 6.07) is 7.39. The van der Waals surface area contributed by atoms with Crippen LogP contribution in [0, 0.1) is 63.2 Å². The van der Waals surface area contributed by atoms with Crippen LogP contribution >= 0.6 is 0 Å². The molecule has 0 bridgehead atoms. The molecule has 3 heteroatoms. The fourth-order valence-electron chi connectivity index (χ4n) is 2.38. The van der Waals surface area contributed by atoms with Crippen molar-refractivity contribution in [3.8, 4) is 5.75 Å². The summed E-state index contributed by atoms with van der Waals surface area (Å²) in [5, 5.41) is 9.43. The maximum atomic E-state index is 9.43. The average Bonchev–Trinajstić information content (AvgIpc) is 3.12. The summed E-state index contributed by atoms with van der Waals surface area (Å²) in [5.41, 5.74) is 1.12. The summed E-state index contributed by atoms with van der Waals surface area (Å²) in [5.74, 6) is 2.89.